The Labute approximate surface area is 139 Å². The molecule has 3 heteroatoms. The fraction of sp³-hybridized carbons (Fsp3) is 0.500. The Morgan fingerprint density at radius 1 is 0.913 bits per heavy atom. The fourth-order valence-electron chi connectivity index (χ4n) is 4.01. The maximum absolute atomic E-state index is 4.67. The van der Waals surface area contributed by atoms with Gasteiger partial charge in [-0.1, -0.05) is 65.8 Å². The van der Waals surface area contributed by atoms with Crippen LogP contribution in [0.4, 0.5) is 0 Å². The fourth-order valence-corrected chi connectivity index (χ4v) is 4.01. The van der Waals surface area contributed by atoms with Gasteiger partial charge in [0.05, 0.1) is 5.70 Å². The van der Waals surface area contributed by atoms with E-state index in [4.69, 9.17) is 0 Å². The minimum atomic E-state index is 0.0594. The first kappa shape index (κ1) is 16.0. The van der Waals surface area contributed by atoms with E-state index in [1.165, 1.54) is 0 Å². The maximum atomic E-state index is 4.67. The van der Waals surface area contributed by atoms with E-state index in [2.05, 4.69) is 70.0 Å². The molecule has 1 heterocycles. The summed E-state index contributed by atoms with van der Waals surface area (Å²) in [6.07, 6.45) is 7.66. The normalized spacial score (nSPS) is 18.3. The molecular weight excluding hydrogens is 282 g/mol. The summed E-state index contributed by atoms with van der Waals surface area (Å²) in [7, 11) is 0. The predicted octanol–water partition coefficient (Wildman–Crippen LogP) is 5.31. The third kappa shape index (κ3) is 2.52. The Morgan fingerprint density at radius 2 is 1.43 bits per heavy atom. The van der Waals surface area contributed by atoms with Crippen molar-refractivity contribution in [3.05, 3.63) is 42.5 Å². The van der Waals surface area contributed by atoms with Crippen molar-refractivity contribution in [2.45, 2.75) is 48.0 Å². The van der Waals surface area contributed by atoms with Crippen LogP contribution in [0.5, 0.6) is 0 Å². The Hall–Kier alpha value is -1.90. The van der Waals surface area contributed by atoms with Gasteiger partial charge in [-0.3, -0.25) is 0 Å². The third-order valence-electron chi connectivity index (χ3n) is 5.35. The van der Waals surface area contributed by atoms with Crippen molar-refractivity contribution in [1.82, 2.24) is 15.0 Å². The molecule has 0 radical (unpaired) electrons. The number of aromatic nitrogens is 3. The van der Waals surface area contributed by atoms with E-state index in [9.17, 15) is 0 Å². The molecule has 3 nitrogen and oxygen atoms in total. The molecule has 1 aromatic carbocycles. The molecule has 0 N–H and O–H groups in total. The molecule has 0 spiro atoms. The van der Waals surface area contributed by atoms with Gasteiger partial charge in [-0.05, 0) is 29.0 Å². The van der Waals surface area contributed by atoms with Crippen LogP contribution in [0.1, 0.15) is 48.0 Å². The second-order valence-corrected chi connectivity index (χ2v) is 8.64. The topological polar surface area (TPSA) is 30.7 Å². The number of hydrogen-bond acceptors (Lipinski definition) is 2. The third-order valence-corrected chi connectivity index (χ3v) is 5.35. The standard InChI is InChI=1S/C20H27N3/c1-18(2,3)20(19(4,5)6)13-9-10-15(14-20)23-21-16-11-7-8-12-17(16)22-23/h7-13H,14H2,1-6H3. The van der Waals surface area contributed by atoms with Crippen LogP contribution in [0, 0.1) is 16.2 Å². The number of rotatable bonds is 1. The molecule has 1 aromatic heterocycles. The van der Waals surface area contributed by atoms with Gasteiger partial charge in [0.15, 0.2) is 0 Å². The van der Waals surface area contributed by atoms with Crippen LogP contribution in [-0.4, -0.2) is 15.0 Å². The second-order valence-electron chi connectivity index (χ2n) is 8.64. The maximum Gasteiger partial charge on any atom is 0.113 e. The summed E-state index contributed by atoms with van der Waals surface area (Å²) in [5.74, 6) is 0. The van der Waals surface area contributed by atoms with Gasteiger partial charge in [-0.25, -0.2) is 0 Å². The minimum absolute atomic E-state index is 0.0594. The molecule has 0 bridgehead atoms. The van der Waals surface area contributed by atoms with E-state index >= 15 is 0 Å². The highest BCUT2D eigenvalue weighted by Crippen LogP contribution is 2.57. The van der Waals surface area contributed by atoms with Gasteiger partial charge in [0.1, 0.15) is 11.0 Å². The average molecular weight is 309 g/mol. The van der Waals surface area contributed by atoms with Crippen LogP contribution in [0.2, 0.25) is 0 Å². The van der Waals surface area contributed by atoms with E-state index in [-0.39, 0.29) is 16.2 Å². The monoisotopic (exact) mass is 309 g/mol. The summed E-state index contributed by atoms with van der Waals surface area (Å²) >= 11 is 0. The lowest BCUT2D eigenvalue weighted by molar-refractivity contribution is 0.0199. The van der Waals surface area contributed by atoms with Crippen molar-refractivity contribution in [1.29, 1.82) is 0 Å². The Morgan fingerprint density at radius 3 is 1.91 bits per heavy atom. The highest BCUT2D eigenvalue weighted by molar-refractivity contribution is 5.74. The minimum Gasteiger partial charge on any atom is -0.155 e. The largest absolute Gasteiger partial charge is 0.155 e. The first-order chi connectivity index (χ1) is 10.6. The zero-order valence-electron chi connectivity index (χ0n) is 15.1. The Balaban J connectivity index is 2.06. The number of hydrogen-bond donors (Lipinski definition) is 0. The molecule has 0 saturated carbocycles. The van der Waals surface area contributed by atoms with Gasteiger partial charge in [0.2, 0.25) is 0 Å². The quantitative estimate of drug-likeness (QED) is 0.714. The molecule has 0 saturated heterocycles. The number of benzene rings is 1. The molecule has 0 unspecified atom stereocenters. The van der Waals surface area contributed by atoms with E-state index in [0.717, 1.165) is 23.2 Å². The smallest absolute Gasteiger partial charge is 0.113 e. The van der Waals surface area contributed by atoms with Gasteiger partial charge in [0.25, 0.3) is 0 Å². The highest BCUT2D eigenvalue weighted by Gasteiger charge is 2.49. The van der Waals surface area contributed by atoms with Crippen LogP contribution in [0.3, 0.4) is 0 Å². The van der Waals surface area contributed by atoms with Crippen LogP contribution < -0.4 is 0 Å². The first-order valence-corrected chi connectivity index (χ1v) is 8.35. The van der Waals surface area contributed by atoms with Gasteiger partial charge < -0.3 is 0 Å². The van der Waals surface area contributed by atoms with E-state index < -0.39 is 0 Å². The van der Waals surface area contributed by atoms with Crippen LogP contribution >= 0.6 is 0 Å². The van der Waals surface area contributed by atoms with Crippen molar-refractivity contribution >= 4 is 16.7 Å². The van der Waals surface area contributed by atoms with Crippen molar-refractivity contribution in [2.24, 2.45) is 16.2 Å². The van der Waals surface area contributed by atoms with Crippen LogP contribution in [0.25, 0.3) is 16.7 Å². The molecule has 0 fully saturated rings. The van der Waals surface area contributed by atoms with Crippen LogP contribution in [0.15, 0.2) is 42.5 Å². The van der Waals surface area contributed by atoms with Crippen molar-refractivity contribution in [2.75, 3.05) is 0 Å². The van der Waals surface area contributed by atoms with E-state index in [1.807, 2.05) is 29.1 Å². The van der Waals surface area contributed by atoms with Gasteiger partial charge >= 0.3 is 0 Å². The van der Waals surface area contributed by atoms with Crippen molar-refractivity contribution in [3.8, 4) is 0 Å². The van der Waals surface area contributed by atoms with Gasteiger partial charge in [-0.15, -0.1) is 10.2 Å². The summed E-state index contributed by atoms with van der Waals surface area (Å²) < 4.78 is 0. The first-order valence-electron chi connectivity index (χ1n) is 8.35. The molecule has 0 aliphatic heterocycles. The predicted molar refractivity (Wildman–Crippen MR) is 96.9 cm³/mol. The summed E-state index contributed by atoms with van der Waals surface area (Å²) in [6.45, 7) is 14.0. The van der Waals surface area contributed by atoms with E-state index in [0.29, 0.717) is 0 Å². The summed E-state index contributed by atoms with van der Waals surface area (Å²) in [5.41, 5.74) is 3.40. The Bertz CT molecular complexity index is 732. The molecule has 1 aliphatic rings. The molecule has 0 amide bonds. The Kier molecular flexibility index (Phi) is 3.51. The number of fused-ring (bicyclic) bond motifs is 1. The SMILES string of the molecule is CC(C)(C)C1(C(C)(C)C)C=CC=C(n2nc3ccccc3n2)C1. The van der Waals surface area contributed by atoms with E-state index in [1.54, 1.807) is 0 Å². The zero-order valence-corrected chi connectivity index (χ0v) is 15.1. The second kappa shape index (κ2) is 5.05. The number of allylic oxidation sites excluding steroid dienone is 4. The molecule has 1 aliphatic carbocycles. The van der Waals surface area contributed by atoms with Gasteiger partial charge in [0, 0.05) is 11.8 Å². The number of nitrogens with zero attached hydrogens (tertiary/aromatic N) is 3. The molecule has 0 atom stereocenters. The van der Waals surface area contributed by atoms with Crippen molar-refractivity contribution < 1.29 is 0 Å². The average Bonchev–Trinajstić information content (AvgIpc) is 2.89. The van der Waals surface area contributed by atoms with Gasteiger partial charge in [-0.2, -0.15) is 4.80 Å². The molecule has 3 rings (SSSR count). The summed E-state index contributed by atoms with van der Waals surface area (Å²) in [5, 5.41) is 9.34. The molecule has 2 aromatic rings. The molecule has 122 valence electrons. The highest BCUT2D eigenvalue weighted by atomic mass is 15.5. The lowest BCUT2D eigenvalue weighted by Gasteiger charge is -2.53. The van der Waals surface area contributed by atoms with Crippen LogP contribution in [-0.2, 0) is 0 Å². The van der Waals surface area contributed by atoms with Crippen molar-refractivity contribution in [3.63, 3.8) is 0 Å². The lowest BCUT2D eigenvalue weighted by Crippen LogP contribution is -2.46. The molecule has 23 heavy (non-hydrogen) atoms. The summed E-state index contributed by atoms with van der Waals surface area (Å²) in [4.78, 5) is 1.82. The summed E-state index contributed by atoms with van der Waals surface area (Å²) in [6, 6.07) is 8.04. The zero-order chi connectivity index (χ0) is 16.9. The lowest BCUT2D eigenvalue weighted by atomic mass is 9.51. The molecular formula is C20H27N3.